The lowest BCUT2D eigenvalue weighted by Gasteiger charge is -2.14. The van der Waals surface area contributed by atoms with Crippen LogP contribution in [0.1, 0.15) is 44.5 Å². The molecule has 1 N–H and O–H groups in total. The molecule has 3 heteroatoms. The van der Waals surface area contributed by atoms with Crippen LogP contribution in [-0.4, -0.2) is 22.6 Å². The van der Waals surface area contributed by atoms with Crippen molar-refractivity contribution in [3.63, 3.8) is 0 Å². The van der Waals surface area contributed by atoms with Crippen molar-refractivity contribution in [2.75, 3.05) is 13.1 Å². The third-order valence-corrected chi connectivity index (χ3v) is 3.68. The number of likely N-dealkylation sites (N-methyl/N-ethyl adjacent to an activating group) is 1. The van der Waals surface area contributed by atoms with E-state index < -0.39 is 0 Å². The van der Waals surface area contributed by atoms with Crippen LogP contribution in [0.15, 0.2) is 24.3 Å². The summed E-state index contributed by atoms with van der Waals surface area (Å²) in [7, 11) is 0. The summed E-state index contributed by atoms with van der Waals surface area (Å²) >= 11 is 0. The van der Waals surface area contributed by atoms with Crippen LogP contribution in [0.2, 0.25) is 0 Å². The van der Waals surface area contributed by atoms with Crippen LogP contribution >= 0.6 is 0 Å². The van der Waals surface area contributed by atoms with E-state index in [1.807, 2.05) is 0 Å². The van der Waals surface area contributed by atoms with Gasteiger partial charge in [-0.25, -0.2) is 4.98 Å². The van der Waals surface area contributed by atoms with Gasteiger partial charge < -0.3 is 9.88 Å². The summed E-state index contributed by atoms with van der Waals surface area (Å²) in [6.45, 7) is 6.44. The number of fused-ring (bicyclic) bond motifs is 1. The van der Waals surface area contributed by atoms with E-state index in [0.29, 0.717) is 12.0 Å². The Morgan fingerprint density at radius 2 is 2.17 bits per heavy atom. The van der Waals surface area contributed by atoms with Crippen LogP contribution in [0.5, 0.6) is 0 Å². The summed E-state index contributed by atoms with van der Waals surface area (Å²) in [5, 5.41) is 3.42. The molecule has 3 nitrogen and oxygen atoms in total. The molecule has 3 rings (SSSR count). The Bertz CT molecular complexity index is 540. The van der Waals surface area contributed by atoms with E-state index in [1.165, 1.54) is 24.2 Å². The highest BCUT2D eigenvalue weighted by Crippen LogP contribution is 2.40. The van der Waals surface area contributed by atoms with Crippen molar-refractivity contribution in [2.24, 2.45) is 0 Å². The largest absolute Gasteiger partial charge is 0.325 e. The monoisotopic (exact) mass is 243 g/mol. The molecular formula is C15H21N3. The molecule has 0 amide bonds. The number of rotatable bonds is 5. The summed E-state index contributed by atoms with van der Waals surface area (Å²) in [6, 6.07) is 9.20. The fraction of sp³-hybridized carbons (Fsp3) is 0.533. The van der Waals surface area contributed by atoms with Gasteiger partial charge in [0.15, 0.2) is 0 Å². The fourth-order valence-corrected chi connectivity index (χ4v) is 2.58. The Hall–Kier alpha value is -1.35. The van der Waals surface area contributed by atoms with Crippen LogP contribution in [0.25, 0.3) is 11.0 Å². The van der Waals surface area contributed by atoms with E-state index in [2.05, 4.69) is 48.0 Å². The van der Waals surface area contributed by atoms with E-state index in [9.17, 15) is 0 Å². The minimum absolute atomic E-state index is 0.470. The Kier molecular flexibility index (Phi) is 3.08. The molecule has 1 atom stereocenters. The molecule has 0 radical (unpaired) electrons. The number of hydrogen-bond donors (Lipinski definition) is 1. The second-order valence-electron chi connectivity index (χ2n) is 5.27. The minimum atomic E-state index is 0.470. The van der Waals surface area contributed by atoms with Gasteiger partial charge in [0, 0.05) is 18.5 Å². The van der Waals surface area contributed by atoms with Crippen molar-refractivity contribution in [2.45, 2.75) is 38.6 Å². The first kappa shape index (κ1) is 11.7. The molecule has 96 valence electrons. The van der Waals surface area contributed by atoms with Gasteiger partial charge in [-0.15, -0.1) is 0 Å². The molecule has 2 aromatic rings. The zero-order valence-corrected chi connectivity index (χ0v) is 11.2. The van der Waals surface area contributed by atoms with Crippen molar-refractivity contribution < 1.29 is 0 Å². The van der Waals surface area contributed by atoms with Gasteiger partial charge >= 0.3 is 0 Å². The van der Waals surface area contributed by atoms with Crippen LogP contribution in [0.3, 0.4) is 0 Å². The van der Waals surface area contributed by atoms with Crippen LogP contribution in [-0.2, 0) is 0 Å². The lowest BCUT2D eigenvalue weighted by Crippen LogP contribution is -2.21. The Morgan fingerprint density at radius 1 is 1.39 bits per heavy atom. The van der Waals surface area contributed by atoms with Crippen LogP contribution in [0.4, 0.5) is 0 Å². The lowest BCUT2D eigenvalue weighted by molar-refractivity contribution is 0.573. The molecule has 18 heavy (non-hydrogen) atoms. The smallest absolute Gasteiger partial charge is 0.114 e. The highest BCUT2D eigenvalue weighted by Gasteiger charge is 2.29. The van der Waals surface area contributed by atoms with Gasteiger partial charge in [0.05, 0.1) is 11.0 Å². The fourth-order valence-electron chi connectivity index (χ4n) is 2.58. The summed E-state index contributed by atoms with van der Waals surface area (Å²) < 4.78 is 2.47. The molecule has 0 spiro atoms. The van der Waals surface area contributed by atoms with Crippen LogP contribution in [0, 0.1) is 0 Å². The van der Waals surface area contributed by atoms with Crippen molar-refractivity contribution >= 4 is 11.0 Å². The van der Waals surface area contributed by atoms with Crippen molar-refractivity contribution in [3.8, 4) is 0 Å². The number of nitrogens with zero attached hydrogens (tertiary/aromatic N) is 2. The summed E-state index contributed by atoms with van der Waals surface area (Å²) in [5.41, 5.74) is 2.45. The molecule has 1 unspecified atom stereocenters. The summed E-state index contributed by atoms with van der Waals surface area (Å²) in [4.78, 5) is 4.85. The van der Waals surface area contributed by atoms with Crippen molar-refractivity contribution in [1.82, 2.24) is 14.9 Å². The first-order valence-electron chi connectivity index (χ1n) is 6.98. The maximum atomic E-state index is 4.85. The van der Waals surface area contributed by atoms with E-state index >= 15 is 0 Å². The van der Waals surface area contributed by atoms with Gasteiger partial charge in [-0.05, 0) is 31.5 Å². The Morgan fingerprint density at radius 3 is 2.89 bits per heavy atom. The zero-order chi connectivity index (χ0) is 12.5. The molecule has 0 bridgehead atoms. The molecule has 1 fully saturated rings. The predicted molar refractivity (Wildman–Crippen MR) is 75.0 cm³/mol. The molecule has 1 saturated carbocycles. The average Bonchev–Trinajstić information content (AvgIpc) is 3.15. The van der Waals surface area contributed by atoms with Crippen molar-refractivity contribution in [3.05, 3.63) is 30.1 Å². The third kappa shape index (κ3) is 2.03. The molecular weight excluding hydrogens is 222 g/mol. The predicted octanol–water partition coefficient (Wildman–Crippen LogP) is 3.08. The SMILES string of the molecule is CCNCC(C)c1nc2ccccc2n1C1CC1. The topological polar surface area (TPSA) is 29.9 Å². The Balaban J connectivity index is 2.01. The van der Waals surface area contributed by atoms with Gasteiger partial charge in [0.1, 0.15) is 5.82 Å². The van der Waals surface area contributed by atoms with Gasteiger partial charge in [0.2, 0.25) is 0 Å². The highest BCUT2D eigenvalue weighted by molar-refractivity contribution is 5.76. The van der Waals surface area contributed by atoms with Gasteiger partial charge in [-0.1, -0.05) is 26.0 Å². The Labute approximate surface area is 108 Å². The second kappa shape index (κ2) is 4.73. The molecule has 1 heterocycles. The zero-order valence-electron chi connectivity index (χ0n) is 11.2. The van der Waals surface area contributed by atoms with Gasteiger partial charge in [0.25, 0.3) is 0 Å². The molecule has 1 aliphatic carbocycles. The molecule has 1 aromatic heterocycles. The minimum Gasteiger partial charge on any atom is -0.325 e. The van der Waals surface area contributed by atoms with E-state index in [1.54, 1.807) is 0 Å². The highest BCUT2D eigenvalue weighted by atomic mass is 15.1. The third-order valence-electron chi connectivity index (χ3n) is 3.68. The molecule has 0 saturated heterocycles. The number of imidazole rings is 1. The summed E-state index contributed by atoms with van der Waals surface area (Å²) in [6.07, 6.45) is 2.61. The first-order chi connectivity index (χ1) is 8.81. The van der Waals surface area contributed by atoms with E-state index in [-0.39, 0.29) is 0 Å². The average molecular weight is 243 g/mol. The standard InChI is InChI=1S/C15H21N3/c1-3-16-10-11(2)15-17-13-6-4-5-7-14(13)18(15)12-8-9-12/h4-7,11-12,16H,3,8-10H2,1-2H3. The molecule has 1 aromatic carbocycles. The van der Waals surface area contributed by atoms with Crippen molar-refractivity contribution in [1.29, 1.82) is 0 Å². The second-order valence-corrected chi connectivity index (χ2v) is 5.27. The summed E-state index contributed by atoms with van der Waals surface area (Å²) in [5.74, 6) is 1.72. The first-order valence-corrected chi connectivity index (χ1v) is 6.98. The molecule has 0 aliphatic heterocycles. The maximum Gasteiger partial charge on any atom is 0.114 e. The number of nitrogens with one attached hydrogen (secondary N) is 1. The number of aromatic nitrogens is 2. The van der Waals surface area contributed by atoms with E-state index in [0.717, 1.165) is 18.6 Å². The number of para-hydroxylation sites is 2. The lowest BCUT2D eigenvalue weighted by atomic mass is 10.1. The molecule has 1 aliphatic rings. The quantitative estimate of drug-likeness (QED) is 0.874. The maximum absolute atomic E-state index is 4.85. The van der Waals surface area contributed by atoms with Gasteiger partial charge in [-0.3, -0.25) is 0 Å². The van der Waals surface area contributed by atoms with Crippen LogP contribution < -0.4 is 5.32 Å². The normalized spacial score (nSPS) is 17.2. The van der Waals surface area contributed by atoms with E-state index in [4.69, 9.17) is 4.98 Å². The number of benzene rings is 1. The number of hydrogen-bond acceptors (Lipinski definition) is 2. The van der Waals surface area contributed by atoms with Gasteiger partial charge in [-0.2, -0.15) is 0 Å².